The molecule has 3 unspecified atom stereocenters. The van der Waals surface area contributed by atoms with E-state index in [2.05, 4.69) is 28.1 Å². The minimum Gasteiger partial charge on any atom is -0.386 e. The Morgan fingerprint density at radius 3 is 2.48 bits per heavy atom. The Bertz CT molecular complexity index is 1240. The topological polar surface area (TPSA) is 279 Å². The van der Waals surface area contributed by atoms with Gasteiger partial charge < -0.3 is 40.3 Å². The first-order valence-corrected chi connectivity index (χ1v) is 12.9. The average molecular weight is 531 g/mol. The van der Waals surface area contributed by atoms with Crippen LogP contribution in [0.2, 0.25) is 0 Å². The van der Waals surface area contributed by atoms with Crippen LogP contribution in [0, 0.1) is 12.3 Å². The Morgan fingerprint density at radius 1 is 1.21 bits per heavy atom. The van der Waals surface area contributed by atoms with E-state index in [0.29, 0.717) is 0 Å². The predicted octanol–water partition coefficient (Wildman–Crippen LogP) is -1.63. The van der Waals surface area contributed by atoms with Crippen LogP contribution in [-0.4, -0.2) is 73.7 Å². The maximum atomic E-state index is 11.9. The number of nitrogens with two attached hydrogens (primary N) is 1. The van der Waals surface area contributed by atoms with Crippen molar-refractivity contribution in [1.29, 1.82) is 0 Å². The van der Waals surface area contributed by atoms with Crippen LogP contribution in [0.5, 0.6) is 0 Å². The number of phosphoric ester groups is 1. The number of ether oxygens (including phenoxy) is 1. The molecule has 33 heavy (non-hydrogen) atoms. The quantitative estimate of drug-likeness (QED) is 0.149. The van der Waals surface area contributed by atoms with E-state index >= 15 is 0 Å². The number of terminal acetylenes is 1. The minimum absolute atomic E-state index is 0.0573. The van der Waals surface area contributed by atoms with Gasteiger partial charge in [-0.3, -0.25) is 9.09 Å². The molecular weight excluding hydrogens is 515 g/mol. The molecule has 3 rings (SSSR count). The second-order valence-corrected chi connectivity index (χ2v) is 10.8. The number of phosphoric acid groups is 3. The molecule has 0 amide bonds. The summed E-state index contributed by atoms with van der Waals surface area (Å²) in [6, 6.07) is 0. The third-order valence-corrected chi connectivity index (χ3v) is 7.92. The van der Waals surface area contributed by atoms with Crippen molar-refractivity contribution >= 4 is 40.6 Å². The molecule has 0 aliphatic carbocycles. The fourth-order valence-corrected chi connectivity index (χ4v) is 5.85. The molecule has 1 fully saturated rings. The van der Waals surface area contributed by atoms with Crippen LogP contribution in [-0.2, 0) is 31.6 Å². The lowest BCUT2D eigenvalue weighted by molar-refractivity contribution is -0.0717. The van der Waals surface area contributed by atoms with Crippen molar-refractivity contribution in [2.24, 2.45) is 0 Å². The van der Waals surface area contributed by atoms with Gasteiger partial charge in [0, 0.05) is 0 Å². The highest BCUT2D eigenvalue weighted by molar-refractivity contribution is 7.66. The maximum absolute atomic E-state index is 11.9. The second kappa shape index (κ2) is 8.77. The first kappa shape index (κ1) is 25.8. The lowest BCUT2D eigenvalue weighted by Crippen LogP contribution is -2.45. The highest BCUT2D eigenvalue weighted by Crippen LogP contribution is 2.66. The van der Waals surface area contributed by atoms with Gasteiger partial charge in [0.15, 0.2) is 17.5 Å². The van der Waals surface area contributed by atoms with Crippen molar-refractivity contribution in [1.82, 2.24) is 19.5 Å². The molecule has 1 saturated heterocycles. The number of aromatic nitrogens is 4. The molecule has 3 heterocycles. The summed E-state index contributed by atoms with van der Waals surface area (Å²) in [5.41, 5.74) is 3.37. The van der Waals surface area contributed by atoms with E-state index in [4.69, 9.17) is 31.6 Å². The van der Waals surface area contributed by atoms with Gasteiger partial charge in [-0.05, 0) is 0 Å². The van der Waals surface area contributed by atoms with Crippen LogP contribution in [0.3, 0.4) is 0 Å². The molecule has 6 atom stereocenters. The Hall–Kier alpha value is -1.80. The number of rotatable bonds is 8. The van der Waals surface area contributed by atoms with E-state index in [1.54, 1.807) is 0 Å². The third-order valence-electron chi connectivity index (χ3n) is 4.12. The van der Waals surface area contributed by atoms with E-state index in [-0.39, 0.29) is 17.1 Å². The van der Waals surface area contributed by atoms with Crippen LogP contribution in [0.4, 0.5) is 5.95 Å². The summed E-state index contributed by atoms with van der Waals surface area (Å²) in [5.74, 6) is 1.79. The number of hydrogen-bond acceptors (Lipinski definition) is 13. The average Bonchev–Trinajstić information content (AvgIpc) is 3.16. The van der Waals surface area contributed by atoms with Gasteiger partial charge >= 0.3 is 23.5 Å². The highest BCUT2D eigenvalue weighted by Gasteiger charge is 2.56. The van der Waals surface area contributed by atoms with Crippen LogP contribution >= 0.6 is 23.5 Å². The molecule has 2 aromatic heterocycles. The first-order valence-electron chi connectivity index (χ1n) is 8.34. The number of nitrogen functional groups attached to an aromatic ring is 1. The lowest BCUT2D eigenvalue weighted by atomic mass is 9.95. The van der Waals surface area contributed by atoms with Gasteiger partial charge in [-0.1, -0.05) is 5.92 Å². The van der Waals surface area contributed by atoms with Crippen molar-refractivity contribution in [3.63, 3.8) is 0 Å². The van der Waals surface area contributed by atoms with Gasteiger partial charge in [0.1, 0.15) is 17.7 Å². The molecule has 18 nitrogen and oxygen atoms in total. The fraction of sp³-hybridized carbons (Fsp3) is 0.417. The molecule has 1 aliphatic rings. The van der Waals surface area contributed by atoms with Crippen LogP contribution in [0.15, 0.2) is 12.5 Å². The van der Waals surface area contributed by atoms with Gasteiger partial charge in [0.2, 0.25) is 5.95 Å². The summed E-state index contributed by atoms with van der Waals surface area (Å²) in [6.45, 7) is -1.06. The van der Waals surface area contributed by atoms with Crippen molar-refractivity contribution in [2.45, 2.75) is 24.0 Å². The smallest absolute Gasteiger partial charge is 0.386 e. The van der Waals surface area contributed by atoms with Crippen LogP contribution in [0.1, 0.15) is 6.23 Å². The zero-order valence-corrected chi connectivity index (χ0v) is 18.6. The zero-order valence-electron chi connectivity index (χ0n) is 15.9. The molecule has 0 spiro atoms. The molecule has 1 aliphatic heterocycles. The molecule has 2 aromatic rings. The molecule has 21 heteroatoms. The Balaban J connectivity index is 1.79. The Kier molecular flexibility index (Phi) is 6.86. The Morgan fingerprint density at radius 2 is 1.88 bits per heavy atom. The number of aliphatic hydroxyl groups is 2. The van der Waals surface area contributed by atoms with Crippen molar-refractivity contribution < 1.29 is 61.4 Å². The molecule has 8 N–H and O–H groups in total. The molecule has 182 valence electrons. The molecule has 0 saturated carbocycles. The van der Waals surface area contributed by atoms with E-state index in [0.717, 1.165) is 10.9 Å². The molecule has 0 radical (unpaired) electrons. The summed E-state index contributed by atoms with van der Waals surface area (Å²) in [6.07, 6.45) is 2.62. The Labute approximate surface area is 183 Å². The second-order valence-electron chi connectivity index (χ2n) is 6.42. The molecule has 0 aromatic carbocycles. The van der Waals surface area contributed by atoms with Gasteiger partial charge in [0.05, 0.1) is 19.1 Å². The molecular formula is C12H16N5O13P3. The maximum Gasteiger partial charge on any atom is 0.490 e. The predicted molar refractivity (Wildman–Crippen MR) is 103 cm³/mol. The highest BCUT2D eigenvalue weighted by atomic mass is 31.3. The van der Waals surface area contributed by atoms with Gasteiger partial charge in [0.25, 0.3) is 0 Å². The number of hydrogen-bond donors (Lipinski definition) is 7. The monoisotopic (exact) mass is 531 g/mol. The van der Waals surface area contributed by atoms with Gasteiger partial charge in [-0.25, -0.2) is 23.7 Å². The largest absolute Gasteiger partial charge is 0.490 e. The van der Waals surface area contributed by atoms with E-state index < -0.39 is 54.1 Å². The van der Waals surface area contributed by atoms with Crippen LogP contribution < -0.4 is 5.73 Å². The summed E-state index contributed by atoms with van der Waals surface area (Å²) < 4.78 is 52.1. The van der Waals surface area contributed by atoms with Gasteiger partial charge in [-0.15, -0.1) is 6.42 Å². The van der Waals surface area contributed by atoms with Gasteiger partial charge in [-0.2, -0.15) is 13.6 Å². The number of imidazole rings is 1. The fourth-order valence-electron chi connectivity index (χ4n) is 2.82. The van der Waals surface area contributed by atoms with Crippen molar-refractivity contribution in [2.75, 3.05) is 12.3 Å². The van der Waals surface area contributed by atoms with Crippen molar-refractivity contribution in [3.8, 4) is 12.3 Å². The zero-order chi connectivity index (χ0) is 24.8. The summed E-state index contributed by atoms with van der Waals surface area (Å²) in [4.78, 5) is 47.4. The normalized spacial score (nSPS) is 29.4. The minimum atomic E-state index is -5.75. The lowest BCUT2D eigenvalue weighted by Gasteiger charge is -2.26. The summed E-state index contributed by atoms with van der Waals surface area (Å²) in [5, 5.41) is 21.3. The number of fused-ring (bicyclic) bond motifs is 1. The number of aliphatic hydroxyl groups excluding tert-OH is 1. The molecule has 0 bridgehead atoms. The number of anilines is 1. The summed E-state index contributed by atoms with van der Waals surface area (Å²) in [7, 11) is -16.8. The first-order chi connectivity index (χ1) is 15.1. The number of nitrogens with zero attached hydrogens (tertiary/aromatic N) is 4. The SMILES string of the molecule is C#CC1(O)[C@@H](O)[C@@H](COP(=O)(O)OP(=O)(O)OP(=O)(O)O)O[C@H]1n1cnc2cnc(N)nc21. The van der Waals surface area contributed by atoms with E-state index in [9.17, 15) is 28.8 Å². The van der Waals surface area contributed by atoms with E-state index in [1.807, 2.05) is 5.92 Å². The van der Waals surface area contributed by atoms with Crippen molar-refractivity contribution in [3.05, 3.63) is 12.5 Å². The van der Waals surface area contributed by atoms with E-state index in [1.165, 1.54) is 6.20 Å². The summed E-state index contributed by atoms with van der Waals surface area (Å²) >= 11 is 0. The van der Waals surface area contributed by atoms with Crippen LogP contribution in [0.25, 0.3) is 11.2 Å². The standard InChI is InChI=1S/C12H16N5O13P3/c1-2-12(19)8(18)7(4-27-32(23,24)30-33(25,26)29-31(20,21)22)28-10(12)17-5-15-6-3-14-11(13)16-9(6)17/h1,3,5,7-8,10,18-19H,4H2,(H,23,24)(H,25,26)(H2,13,14,16)(H2,20,21,22)/t7-,8+,10-,12?/m1/s1. The third kappa shape index (κ3) is 5.65.